The number of halogens is 2. The van der Waals surface area contributed by atoms with E-state index in [1.165, 1.54) is 30.7 Å². The minimum atomic E-state index is -0.822. The summed E-state index contributed by atoms with van der Waals surface area (Å²) in [5.41, 5.74) is -1.66. The first kappa shape index (κ1) is 29.2. The molecule has 0 atom stereocenters. The molecule has 0 aliphatic heterocycles. The topological polar surface area (TPSA) is 198 Å². The molecule has 0 radical (unpaired) electrons. The molecule has 14 nitrogen and oxygen atoms in total. The third kappa shape index (κ3) is 5.50. The lowest BCUT2D eigenvalue weighted by Gasteiger charge is -2.15. The second-order valence-corrected chi connectivity index (χ2v) is 7.25. The van der Waals surface area contributed by atoms with Crippen molar-refractivity contribution in [3.63, 3.8) is 0 Å². The van der Waals surface area contributed by atoms with Crippen LogP contribution in [0.5, 0.6) is 0 Å². The molecule has 0 saturated heterocycles. The monoisotopic (exact) mass is 560 g/mol. The highest BCUT2D eigenvalue weighted by Crippen LogP contribution is 2.45. The summed E-state index contributed by atoms with van der Waals surface area (Å²) in [6, 6.07) is 10.7. The molecule has 2 aromatic carbocycles. The van der Waals surface area contributed by atoms with Crippen molar-refractivity contribution in [2.24, 2.45) is 0 Å². The summed E-state index contributed by atoms with van der Waals surface area (Å²) in [5.74, 6) is 0. The van der Waals surface area contributed by atoms with Crippen LogP contribution in [0.25, 0.3) is 33.5 Å². The molecular weight excluding hydrogens is 547 g/mol. The van der Waals surface area contributed by atoms with Gasteiger partial charge in [-0.3, -0.25) is 50.4 Å². The van der Waals surface area contributed by atoms with Crippen molar-refractivity contribution < 1.29 is 19.7 Å². The second kappa shape index (κ2) is 11.8. The summed E-state index contributed by atoms with van der Waals surface area (Å²) in [4.78, 5) is 51.2. The van der Waals surface area contributed by atoms with Crippen molar-refractivity contribution in [2.45, 2.75) is 0 Å². The predicted octanol–water partition coefficient (Wildman–Crippen LogP) is 5.95. The average molecular weight is 561 g/mol. The molecule has 0 aliphatic carbocycles. The number of nitrogens with zero attached hydrogens (tertiary/aromatic N) is 6. The van der Waals surface area contributed by atoms with Crippen molar-refractivity contribution >= 4 is 47.6 Å². The SMILES string of the molecule is Cl.Cl.O=[N+]([O-])c1ccc(-c2nccc(-c3ccncc3)c2-c2ccc([N+](=O)[O-])cc2[N+](=O)[O-])c([N+](=O)[O-])c1. The fourth-order valence-electron chi connectivity index (χ4n) is 3.69. The van der Waals surface area contributed by atoms with Gasteiger partial charge in [0.2, 0.25) is 0 Å². The van der Waals surface area contributed by atoms with Crippen molar-refractivity contribution in [3.05, 3.63) is 114 Å². The molecule has 0 N–H and O–H groups in total. The van der Waals surface area contributed by atoms with Crippen molar-refractivity contribution in [1.29, 1.82) is 0 Å². The van der Waals surface area contributed by atoms with Gasteiger partial charge < -0.3 is 0 Å². The van der Waals surface area contributed by atoms with Gasteiger partial charge >= 0.3 is 0 Å². The first-order chi connectivity index (χ1) is 17.2. The van der Waals surface area contributed by atoms with E-state index < -0.39 is 42.4 Å². The Morgan fingerprint density at radius 2 is 1.05 bits per heavy atom. The quantitative estimate of drug-likeness (QED) is 0.192. The fraction of sp³-hybridized carbons (Fsp3) is 0. The van der Waals surface area contributed by atoms with Crippen molar-refractivity contribution in [1.82, 2.24) is 9.97 Å². The Balaban J connectivity index is 0.00000253. The standard InChI is InChI=1S/C22H12N6O8.2ClH/c29-25(30)14-1-3-17(19(11-14)27(33)34)21-16(13-5-8-23-9-6-13)7-10-24-22(21)18-4-2-15(26(31)32)12-20(18)28(35)36;;/h1-12H;2*1H. The predicted molar refractivity (Wildman–Crippen MR) is 139 cm³/mol. The largest absolute Gasteiger partial charge is 0.285 e. The molecule has 0 bridgehead atoms. The Kier molecular flexibility index (Phi) is 9.03. The highest BCUT2D eigenvalue weighted by atomic mass is 35.5. The molecule has 2 aromatic heterocycles. The molecule has 0 saturated carbocycles. The van der Waals surface area contributed by atoms with Crippen LogP contribution in [-0.4, -0.2) is 29.7 Å². The van der Waals surface area contributed by atoms with Crippen LogP contribution in [0.1, 0.15) is 0 Å². The third-order valence-electron chi connectivity index (χ3n) is 5.24. The van der Waals surface area contributed by atoms with Gasteiger partial charge in [-0.05, 0) is 41.5 Å². The normalized spacial score (nSPS) is 10.0. The van der Waals surface area contributed by atoms with Crippen molar-refractivity contribution in [3.8, 4) is 33.5 Å². The second-order valence-electron chi connectivity index (χ2n) is 7.25. The Morgan fingerprint density at radius 3 is 1.55 bits per heavy atom. The van der Waals surface area contributed by atoms with Gasteiger partial charge in [-0.2, -0.15) is 0 Å². The number of benzene rings is 2. The van der Waals surface area contributed by atoms with Gasteiger partial charge in [-0.15, -0.1) is 24.8 Å². The summed E-state index contributed by atoms with van der Waals surface area (Å²) < 4.78 is 0. The lowest BCUT2D eigenvalue weighted by molar-refractivity contribution is -0.394. The number of nitro benzene ring substituents is 4. The van der Waals surface area contributed by atoms with Crippen molar-refractivity contribution in [2.75, 3.05) is 0 Å². The summed E-state index contributed by atoms with van der Waals surface area (Å²) >= 11 is 0. The minimum absolute atomic E-state index is 0. The number of nitro groups is 4. The summed E-state index contributed by atoms with van der Waals surface area (Å²) in [6.07, 6.45) is 4.27. The van der Waals surface area contributed by atoms with Crippen LogP contribution in [0.3, 0.4) is 0 Å². The molecule has 0 unspecified atom stereocenters. The van der Waals surface area contributed by atoms with Crippen LogP contribution in [-0.2, 0) is 0 Å². The summed E-state index contributed by atoms with van der Waals surface area (Å²) in [5, 5.41) is 46.2. The van der Waals surface area contributed by atoms with Gasteiger partial charge in [-0.25, -0.2) is 0 Å². The summed E-state index contributed by atoms with van der Waals surface area (Å²) in [6.45, 7) is 0. The van der Waals surface area contributed by atoms with Gasteiger partial charge in [-0.1, -0.05) is 0 Å². The smallest absolute Gasteiger partial charge is 0.265 e. The lowest BCUT2D eigenvalue weighted by atomic mass is 9.90. The van der Waals surface area contributed by atoms with E-state index >= 15 is 0 Å². The van der Waals surface area contributed by atoms with Gasteiger partial charge in [0.25, 0.3) is 22.7 Å². The number of non-ortho nitro benzene ring substituents is 2. The summed E-state index contributed by atoms with van der Waals surface area (Å²) in [7, 11) is 0. The van der Waals surface area contributed by atoms with Crippen LogP contribution in [0, 0.1) is 40.5 Å². The van der Waals surface area contributed by atoms with Crippen LogP contribution in [0.2, 0.25) is 0 Å². The Bertz CT molecular complexity index is 1570. The van der Waals surface area contributed by atoms with Crippen LogP contribution in [0.4, 0.5) is 22.7 Å². The zero-order valence-corrected chi connectivity index (χ0v) is 20.3. The lowest BCUT2D eigenvalue weighted by Crippen LogP contribution is -2.01. The maximum Gasteiger partial charge on any atom is 0.285 e. The van der Waals surface area contributed by atoms with Gasteiger partial charge in [0.15, 0.2) is 0 Å². The number of rotatable bonds is 7. The number of hydrogen-bond acceptors (Lipinski definition) is 10. The first-order valence-electron chi connectivity index (χ1n) is 9.95. The molecule has 2 heterocycles. The fourth-order valence-corrected chi connectivity index (χ4v) is 3.69. The van der Waals surface area contributed by atoms with E-state index in [1.807, 2.05) is 0 Å². The molecule has 38 heavy (non-hydrogen) atoms. The minimum Gasteiger partial charge on any atom is -0.265 e. The maximum absolute atomic E-state index is 11.9. The molecule has 0 fully saturated rings. The molecule has 16 heteroatoms. The Labute approximate surface area is 224 Å². The zero-order chi connectivity index (χ0) is 26.0. The van der Waals surface area contributed by atoms with E-state index in [1.54, 1.807) is 12.1 Å². The molecule has 4 rings (SSSR count). The van der Waals surface area contributed by atoms with Gasteiger partial charge in [0.1, 0.15) is 0 Å². The highest BCUT2D eigenvalue weighted by molar-refractivity contribution is 5.97. The first-order valence-corrected chi connectivity index (χ1v) is 9.95. The van der Waals surface area contributed by atoms with E-state index in [2.05, 4.69) is 9.97 Å². The molecule has 4 aromatic rings. The highest BCUT2D eigenvalue weighted by Gasteiger charge is 2.29. The number of aromatic nitrogens is 2. The van der Waals surface area contributed by atoms with Crippen LogP contribution in [0.15, 0.2) is 73.2 Å². The molecule has 0 spiro atoms. The van der Waals surface area contributed by atoms with E-state index in [9.17, 15) is 40.5 Å². The molecule has 0 amide bonds. The van der Waals surface area contributed by atoms with E-state index in [0.29, 0.717) is 11.1 Å². The number of hydrogen-bond donors (Lipinski definition) is 0. The molecular formula is C22H14Cl2N6O8. The van der Waals surface area contributed by atoms with E-state index in [0.717, 1.165) is 30.3 Å². The van der Waals surface area contributed by atoms with Crippen LogP contribution >= 0.6 is 24.8 Å². The van der Waals surface area contributed by atoms with E-state index in [-0.39, 0.29) is 47.2 Å². The Morgan fingerprint density at radius 1 is 0.553 bits per heavy atom. The zero-order valence-electron chi connectivity index (χ0n) is 18.7. The Hall–Kier alpha value is -5.08. The van der Waals surface area contributed by atoms with E-state index in [4.69, 9.17) is 0 Å². The third-order valence-corrected chi connectivity index (χ3v) is 5.24. The van der Waals surface area contributed by atoms with Crippen LogP contribution < -0.4 is 0 Å². The number of pyridine rings is 2. The van der Waals surface area contributed by atoms with Gasteiger partial charge in [0.05, 0.1) is 48.6 Å². The maximum atomic E-state index is 11.9. The molecule has 194 valence electrons. The molecule has 0 aliphatic rings. The average Bonchev–Trinajstić information content (AvgIpc) is 2.87. The van der Waals surface area contributed by atoms with Gasteiger partial charge in [0, 0.05) is 36.3 Å².